The van der Waals surface area contributed by atoms with Crippen LogP contribution in [0.1, 0.15) is 10.5 Å². The van der Waals surface area contributed by atoms with Crippen LogP contribution in [0.25, 0.3) is 0 Å². The van der Waals surface area contributed by atoms with Crippen LogP contribution in [0, 0.1) is 0 Å². The summed E-state index contributed by atoms with van der Waals surface area (Å²) in [6.07, 6.45) is 1.56. The Morgan fingerprint density at radius 1 is 1.44 bits per heavy atom. The minimum atomic E-state index is -0.252. The van der Waals surface area contributed by atoms with E-state index in [1.54, 1.807) is 37.5 Å². The number of nitrogen functional groups attached to an aromatic ring is 1. The standard InChI is InChI=1S/C12H14N4O2/c1-16-10(5-6-14-16)12(17)15-9-4-3-8(13)7-11(9)18-2/h3-7H,13H2,1-2H3,(H,15,17). The first-order valence-corrected chi connectivity index (χ1v) is 5.34. The van der Waals surface area contributed by atoms with Crippen molar-refractivity contribution in [1.82, 2.24) is 9.78 Å². The van der Waals surface area contributed by atoms with Crippen molar-refractivity contribution in [2.24, 2.45) is 7.05 Å². The van der Waals surface area contributed by atoms with Gasteiger partial charge in [0.1, 0.15) is 11.4 Å². The molecule has 0 unspecified atom stereocenters. The number of aryl methyl sites for hydroxylation is 1. The lowest BCUT2D eigenvalue weighted by Crippen LogP contribution is -2.16. The number of nitrogens with zero attached hydrogens (tertiary/aromatic N) is 2. The topological polar surface area (TPSA) is 82.2 Å². The number of rotatable bonds is 3. The lowest BCUT2D eigenvalue weighted by atomic mass is 10.2. The molecule has 0 radical (unpaired) electrons. The Morgan fingerprint density at radius 3 is 2.83 bits per heavy atom. The quantitative estimate of drug-likeness (QED) is 0.799. The highest BCUT2D eigenvalue weighted by Gasteiger charge is 2.12. The van der Waals surface area contributed by atoms with Gasteiger partial charge >= 0.3 is 0 Å². The molecule has 2 aromatic rings. The zero-order valence-electron chi connectivity index (χ0n) is 10.2. The van der Waals surface area contributed by atoms with Crippen molar-refractivity contribution in [3.8, 4) is 5.75 Å². The molecule has 3 N–H and O–H groups in total. The van der Waals surface area contributed by atoms with Gasteiger partial charge in [-0.2, -0.15) is 5.10 Å². The Kier molecular flexibility index (Phi) is 3.18. The molecule has 1 aromatic heterocycles. The minimum absolute atomic E-state index is 0.252. The third-order valence-corrected chi connectivity index (χ3v) is 2.53. The number of amides is 1. The molecule has 0 aliphatic carbocycles. The number of anilines is 2. The molecular weight excluding hydrogens is 232 g/mol. The number of ether oxygens (including phenoxy) is 1. The van der Waals surface area contributed by atoms with Crippen LogP contribution >= 0.6 is 0 Å². The van der Waals surface area contributed by atoms with Crippen LogP contribution in [0.4, 0.5) is 11.4 Å². The Balaban J connectivity index is 2.24. The van der Waals surface area contributed by atoms with Gasteiger partial charge in [-0.05, 0) is 18.2 Å². The maximum atomic E-state index is 12.0. The van der Waals surface area contributed by atoms with Gasteiger partial charge in [-0.15, -0.1) is 0 Å². The van der Waals surface area contributed by atoms with Crippen molar-refractivity contribution in [3.63, 3.8) is 0 Å². The molecule has 0 spiro atoms. The average molecular weight is 246 g/mol. The molecule has 0 aliphatic rings. The van der Waals surface area contributed by atoms with Gasteiger partial charge in [0.2, 0.25) is 0 Å². The number of benzene rings is 1. The number of methoxy groups -OCH3 is 1. The SMILES string of the molecule is COc1cc(N)ccc1NC(=O)c1ccnn1C. The molecule has 2 rings (SSSR count). The van der Waals surface area contributed by atoms with E-state index in [1.165, 1.54) is 11.8 Å². The number of nitrogens with one attached hydrogen (secondary N) is 1. The molecule has 0 bridgehead atoms. The first kappa shape index (κ1) is 12.0. The van der Waals surface area contributed by atoms with Gasteiger partial charge in [-0.25, -0.2) is 0 Å². The van der Waals surface area contributed by atoms with Crippen LogP contribution in [-0.4, -0.2) is 22.8 Å². The Morgan fingerprint density at radius 2 is 2.22 bits per heavy atom. The van der Waals surface area contributed by atoms with Gasteiger partial charge in [0.05, 0.1) is 12.8 Å². The van der Waals surface area contributed by atoms with E-state index in [0.29, 0.717) is 22.8 Å². The fourth-order valence-corrected chi connectivity index (χ4v) is 1.59. The summed E-state index contributed by atoms with van der Waals surface area (Å²) in [4.78, 5) is 12.0. The van der Waals surface area contributed by atoms with Crippen LogP contribution in [0.5, 0.6) is 5.75 Å². The summed E-state index contributed by atoms with van der Waals surface area (Å²) in [6, 6.07) is 6.68. The number of nitrogens with two attached hydrogens (primary N) is 1. The monoisotopic (exact) mass is 246 g/mol. The molecule has 0 fully saturated rings. The van der Waals surface area contributed by atoms with Crippen molar-refractivity contribution in [3.05, 3.63) is 36.2 Å². The Bertz CT molecular complexity index is 577. The summed E-state index contributed by atoms with van der Waals surface area (Å²) in [5, 5.41) is 6.69. The number of hydrogen-bond donors (Lipinski definition) is 2. The van der Waals surface area contributed by atoms with Crippen LogP contribution in [0.15, 0.2) is 30.5 Å². The first-order chi connectivity index (χ1) is 8.61. The highest BCUT2D eigenvalue weighted by atomic mass is 16.5. The predicted octanol–water partition coefficient (Wildman–Crippen LogP) is 1.26. The average Bonchev–Trinajstić information content (AvgIpc) is 2.77. The molecule has 1 amide bonds. The number of carbonyl (C=O) groups is 1. The van der Waals surface area contributed by atoms with Crippen molar-refractivity contribution >= 4 is 17.3 Å². The van der Waals surface area contributed by atoms with Gasteiger partial charge in [-0.1, -0.05) is 0 Å². The van der Waals surface area contributed by atoms with Gasteiger partial charge in [-0.3, -0.25) is 9.48 Å². The van der Waals surface area contributed by atoms with E-state index in [2.05, 4.69) is 10.4 Å². The molecule has 0 aliphatic heterocycles. The van der Waals surface area contributed by atoms with E-state index in [-0.39, 0.29) is 5.91 Å². The van der Waals surface area contributed by atoms with Crippen LogP contribution in [0.3, 0.4) is 0 Å². The number of hydrogen-bond acceptors (Lipinski definition) is 4. The molecule has 94 valence electrons. The lowest BCUT2D eigenvalue weighted by Gasteiger charge is -2.10. The zero-order chi connectivity index (χ0) is 13.1. The highest BCUT2D eigenvalue weighted by molar-refractivity contribution is 6.03. The first-order valence-electron chi connectivity index (χ1n) is 5.34. The summed E-state index contributed by atoms with van der Waals surface area (Å²) < 4.78 is 6.66. The smallest absolute Gasteiger partial charge is 0.274 e. The summed E-state index contributed by atoms with van der Waals surface area (Å²) in [7, 11) is 3.23. The molecule has 18 heavy (non-hydrogen) atoms. The Labute approximate surface area is 104 Å². The predicted molar refractivity (Wildman–Crippen MR) is 68.6 cm³/mol. The van der Waals surface area contributed by atoms with Gasteiger partial charge < -0.3 is 15.8 Å². The van der Waals surface area contributed by atoms with E-state index in [9.17, 15) is 4.79 Å². The van der Waals surface area contributed by atoms with E-state index < -0.39 is 0 Å². The van der Waals surface area contributed by atoms with Crippen LogP contribution in [-0.2, 0) is 7.05 Å². The molecule has 0 saturated heterocycles. The van der Waals surface area contributed by atoms with Gasteiger partial charge in [0.25, 0.3) is 5.91 Å². The second kappa shape index (κ2) is 4.79. The normalized spacial score (nSPS) is 10.1. The highest BCUT2D eigenvalue weighted by Crippen LogP contribution is 2.26. The second-order valence-electron chi connectivity index (χ2n) is 3.75. The molecule has 6 heteroatoms. The zero-order valence-corrected chi connectivity index (χ0v) is 10.2. The number of carbonyl (C=O) groups excluding carboxylic acids is 1. The summed E-state index contributed by atoms with van der Waals surface area (Å²) >= 11 is 0. The maximum absolute atomic E-state index is 12.0. The van der Waals surface area contributed by atoms with E-state index in [0.717, 1.165) is 0 Å². The molecule has 0 atom stereocenters. The molecule has 0 saturated carbocycles. The third-order valence-electron chi connectivity index (χ3n) is 2.53. The van der Waals surface area contributed by atoms with Crippen molar-refractivity contribution in [2.45, 2.75) is 0 Å². The molecule has 1 heterocycles. The van der Waals surface area contributed by atoms with Crippen molar-refractivity contribution in [2.75, 3.05) is 18.2 Å². The molecule has 6 nitrogen and oxygen atoms in total. The largest absolute Gasteiger partial charge is 0.494 e. The summed E-state index contributed by atoms with van der Waals surface area (Å²) in [6.45, 7) is 0. The van der Waals surface area contributed by atoms with Gasteiger partial charge in [0.15, 0.2) is 0 Å². The van der Waals surface area contributed by atoms with Crippen molar-refractivity contribution in [1.29, 1.82) is 0 Å². The van der Waals surface area contributed by atoms with Gasteiger partial charge in [0, 0.05) is 25.0 Å². The lowest BCUT2D eigenvalue weighted by molar-refractivity contribution is 0.101. The second-order valence-corrected chi connectivity index (χ2v) is 3.75. The summed E-state index contributed by atoms with van der Waals surface area (Å²) in [5.41, 5.74) is 7.25. The molecule has 1 aromatic carbocycles. The summed E-state index contributed by atoms with van der Waals surface area (Å²) in [5.74, 6) is 0.267. The van der Waals surface area contributed by atoms with E-state index in [1.807, 2.05) is 0 Å². The van der Waals surface area contributed by atoms with Crippen LogP contribution < -0.4 is 15.8 Å². The van der Waals surface area contributed by atoms with Crippen LogP contribution in [0.2, 0.25) is 0 Å². The minimum Gasteiger partial charge on any atom is -0.494 e. The van der Waals surface area contributed by atoms with Crippen molar-refractivity contribution < 1.29 is 9.53 Å². The number of aromatic nitrogens is 2. The third kappa shape index (κ3) is 2.27. The maximum Gasteiger partial charge on any atom is 0.274 e. The fourth-order valence-electron chi connectivity index (χ4n) is 1.59. The molecular formula is C12H14N4O2. The Hall–Kier alpha value is -2.50. The van der Waals surface area contributed by atoms with E-state index >= 15 is 0 Å². The van der Waals surface area contributed by atoms with E-state index in [4.69, 9.17) is 10.5 Å². The fraction of sp³-hybridized carbons (Fsp3) is 0.167.